The molecule has 2 N–H and O–H groups in total. The Kier molecular flexibility index (Phi) is 7.60. The summed E-state index contributed by atoms with van der Waals surface area (Å²) in [7, 11) is 3.13. The van der Waals surface area contributed by atoms with Crippen molar-refractivity contribution in [3.05, 3.63) is 105 Å². The van der Waals surface area contributed by atoms with E-state index in [1.54, 1.807) is 19.4 Å². The van der Waals surface area contributed by atoms with Gasteiger partial charge < -0.3 is 24.1 Å². The third-order valence-electron chi connectivity index (χ3n) is 10.3. The van der Waals surface area contributed by atoms with Crippen molar-refractivity contribution in [1.29, 1.82) is 0 Å². The van der Waals surface area contributed by atoms with Gasteiger partial charge in [0, 0.05) is 23.2 Å². The molecular formula is C38H33FN6O5S. The van der Waals surface area contributed by atoms with Gasteiger partial charge in [-0.2, -0.15) is 0 Å². The van der Waals surface area contributed by atoms with Gasteiger partial charge in [-0.05, 0) is 90.9 Å². The molecule has 6 heterocycles. The molecule has 11 nitrogen and oxygen atoms in total. The van der Waals surface area contributed by atoms with Crippen LogP contribution >= 0.6 is 11.3 Å². The third-order valence-corrected chi connectivity index (χ3v) is 11.5. The fourth-order valence-corrected chi connectivity index (χ4v) is 9.16. The highest BCUT2D eigenvalue weighted by Gasteiger charge is 2.45. The number of methoxy groups -OCH3 is 2. The molecular weight excluding hydrogens is 672 g/mol. The summed E-state index contributed by atoms with van der Waals surface area (Å²) in [6.07, 6.45) is 6.10. The van der Waals surface area contributed by atoms with E-state index in [1.807, 2.05) is 29.2 Å². The first-order valence-corrected chi connectivity index (χ1v) is 17.8. The molecule has 1 amide bonds. The quantitative estimate of drug-likeness (QED) is 0.163. The lowest BCUT2D eigenvalue weighted by atomic mass is 9.93. The zero-order valence-electron chi connectivity index (χ0n) is 27.9. The van der Waals surface area contributed by atoms with E-state index in [0.29, 0.717) is 41.8 Å². The maximum absolute atomic E-state index is 14.7. The van der Waals surface area contributed by atoms with Gasteiger partial charge in [0.15, 0.2) is 11.6 Å². The number of pyridine rings is 2. The molecule has 3 aliphatic rings. The van der Waals surface area contributed by atoms with E-state index in [9.17, 15) is 14.0 Å². The van der Waals surface area contributed by atoms with Crippen molar-refractivity contribution < 1.29 is 23.1 Å². The highest BCUT2D eigenvalue weighted by atomic mass is 32.1. The van der Waals surface area contributed by atoms with Gasteiger partial charge in [-0.1, -0.05) is 18.2 Å². The molecule has 2 aliphatic heterocycles. The number of fused-ring (bicyclic) bond motifs is 5. The number of hydrogen-bond donors (Lipinski definition) is 2. The van der Waals surface area contributed by atoms with E-state index in [-0.39, 0.29) is 29.6 Å². The molecule has 2 aromatic carbocycles. The van der Waals surface area contributed by atoms with Crippen LogP contribution in [0.5, 0.6) is 11.5 Å². The lowest BCUT2D eigenvalue weighted by Gasteiger charge is -2.16. The largest absolute Gasteiger partial charge is 0.496 e. The van der Waals surface area contributed by atoms with Gasteiger partial charge in [0.2, 0.25) is 0 Å². The van der Waals surface area contributed by atoms with Gasteiger partial charge in [0.05, 0.1) is 53.5 Å². The number of benzene rings is 2. The maximum atomic E-state index is 14.7. The molecule has 0 unspecified atom stereocenters. The average molecular weight is 705 g/mol. The minimum atomic E-state index is -0.716. The summed E-state index contributed by atoms with van der Waals surface area (Å²) < 4.78 is 32.0. The number of amides is 1. The Hall–Kier alpha value is -5.56. The molecule has 2 atom stereocenters. The fraction of sp³-hybridized carbons (Fsp3) is 0.289. The van der Waals surface area contributed by atoms with Crippen LogP contribution in [0.15, 0.2) is 63.9 Å². The van der Waals surface area contributed by atoms with Crippen molar-refractivity contribution in [2.75, 3.05) is 26.1 Å². The van der Waals surface area contributed by atoms with Crippen molar-refractivity contribution in [3.8, 4) is 33.4 Å². The number of aromatic amines is 1. The first-order valence-electron chi connectivity index (χ1n) is 17.0. The predicted octanol–water partition coefficient (Wildman–Crippen LogP) is 7.03. The maximum Gasteiger partial charge on any atom is 0.434 e. The number of H-pyrrole nitrogens is 1. The fourth-order valence-electron chi connectivity index (χ4n) is 7.99. The summed E-state index contributed by atoms with van der Waals surface area (Å²) in [5.41, 5.74) is 6.09. The molecule has 1 saturated heterocycles. The Morgan fingerprint density at radius 2 is 1.92 bits per heavy atom. The molecule has 0 saturated carbocycles. The van der Waals surface area contributed by atoms with E-state index >= 15 is 0 Å². The second kappa shape index (κ2) is 12.3. The number of nitrogens with one attached hydrogen (secondary N) is 2. The van der Waals surface area contributed by atoms with Gasteiger partial charge in [-0.3, -0.25) is 9.78 Å². The number of anilines is 1. The van der Waals surface area contributed by atoms with E-state index < -0.39 is 11.6 Å². The molecule has 0 bridgehead atoms. The molecule has 4 aromatic heterocycles. The summed E-state index contributed by atoms with van der Waals surface area (Å²) in [5, 5.41) is 11.3. The van der Waals surface area contributed by atoms with Crippen LogP contribution < -0.4 is 20.5 Å². The van der Waals surface area contributed by atoms with E-state index in [0.717, 1.165) is 63.5 Å². The first-order chi connectivity index (χ1) is 24.9. The van der Waals surface area contributed by atoms with Crippen molar-refractivity contribution in [3.63, 3.8) is 0 Å². The Balaban J connectivity index is 1.19. The summed E-state index contributed by atoms with van der Waals surface area (Å²) in [6, 6.07) is 14.9. The number of aromatic nitrogens is 4. The van der Waals surface area contributed by atoms with Crippen molar-refractivity contribution in [2.24, 2.45) is 0 Å². The highest BCUT2D eigenvalue weighted by Crippen LogP contribution is 2.50. The number of halogens is 1. The molecule has 9 rings (SSSR count). The van der Waals surface area contributed by atoms with Gasteiger partial charge in [-0.25, -0.2) is 19.3 Å². The molecule has 51 heavy (non-hydrogen) atoms. The third kappa shape index (κ3) is 5.17. The Bertz CT molecular complexity index is 2420. The summed E-state index contributed by atoms with van der Waals surface area (Å²) in [6.45, 7) is 0.643. The van der Waals surface area contributed by atoms with Crippen molar-refractivity contribution >= 4 is 33.1 Å². The monoisotopic (exact) mass is 704 g/mol. The Morgan fingerprint density at radius 1 is 1.04 bits per heavy atom. The van der Waals surface area contributed by atoms with Crippen LogP contribution in [0.25, 0.3) is 32.0 Å². The van der Waals surface area contributed by atoms with Crippen LogP contribution in [0.2, 0.25) is 0 Å². The Labute approximate surface area is 295 Å². The van der Waals surface area contributed by atoms with Crippen LogP contribution in [-0.2, 0) is 19.3 Å². The van der Waals surface area contributed by atoms with E-state index in [4.69, 9.17) is 23.9 Å². The number of rotatable bonds is 9. The molecule has 258 valence electrons. The SMILES string of the molecule is COc1ccc(CCc2nc3c(c(-c4cc5ccnc(N[C@H]6CCc7c(OC)cccc76)c5s4)c2-c2n[nH]c(=O)o2)C(=O)N2CCC[C@H]32)cc1F. The lowest BCUT2D eigenvalue weighted by Crippen LogP contribution is -2.22. The minimum Gasteiger partial charge on any atom is -0.496 e. The minimum absolute atomic E-state index is 0.0477. The molecule has 0 spiro atoms. The number of hydrogen-bond acceptors (Lipinski definition) is 10. The number of carbonyl (C=O) groups excluding carboxylic acids is 1. The van der Waals surface area contributed by atoms with Gasteiger partial charge in [0.1, 0.15) is 11.6 Å². The molecule has 1 aliphatic carbocycles. The number of nitrogens with zero attached hydrogens (tertiary/aromatic N) is 4. The zero-order valence-corrected chi connectivity index (χ0v) is 28.7. The topological polar surface area (TPSA) is 135 Å². The summed E-state index contributed by atoms with van der Waals surface area (Å²) >= 11 is 1.52. The average Bonchev–Trinajstić information content (AvgIpc) is 3.98. The van der Waals surface area contributed by atoms with E-state index in [2.05, 4.69) is 27.6 Å². The second-order valence-corrected chi connectivity index (χ2v) is 14.1. The van der Waals surface area contributed by atoms with Crippen LogP contribution in [-0.4, -0.2) is 51.7 Å². The number of aryl methyl sites for hydroxylation is 2. The number of thiophene rings is 1. The number of carbonyl (C=O) groups is 1. The molecule has 0 radical (unpaired) electrons. The van der Waals surface area contributed by atoms with Crippen molar-refractivity contribution in [2.45, 2.75) is 50.6 Å². The summed E-state index contributed by atoms with van der Waals surface area (Å²) in [4.78, 5) is 39.2. The van der Waals surface area contributed by atoms with Gasteiger partial charge in [-0.15, -0.1) is 16.4 Å². The van der Waals surface area contributed by atoms with Crippen LogP contribution in [0, 0.1) is 5.82 Å². The standard InChI is InChI=1S/C38H33FN6O5S/c1-48-27-7-3-5-21-22(27)10-12-24(21)42-35-34-20(14-15-40-35)18-29(51-34)31-30(36-43-44-38(47)50-36)25(11-8-19-9-13-28(49-2)23(39)17-19)41-33-26-6-4-16-45(26)37(46)32(31)33/h3,5,7,9,13-15,17-18,24,26H,4,6,8,10-12,16H2,1-2H3,(H,40,42)(H,44,47)/t24-,26+/m0/s1. The first kappa shape index (κ1) is 31.4. The zero-order chi connectivity index (χ0) is 34.8. The predicted molar refractivity (Wildman–Crippen MR) is 190 cm³/mol. The molecule has 6 aromatic rings. The lowest BCUT2D eigenvalue weighted by molar-refractivity contribution is 0.0776. The molecule has 13 heteroatoms. The Morgan fingerprint density at radius 3 is 2.73 bits per heavy atom. The summed E-state index contributed by atoms with van der Waals surface area (Å²) in [5.74, 6) is 0.592. The van der Waals surface area contributed by atoms with Crippen LogP contribution in [0.4, 0.5) is 10.2 Å². The van der Waals surface area contributed by atoms with Crippen LogP contribution in [0.1, 0.15) is 69.8 Å². The van der Waals surface area contributed by atoms with E-state index in [1.165, 1.54) is 35.6 Å². The molecule has 1 fully saturated rings. The van der Waals surface area contributed by atoms with Crippen molar-refractivity contribution in [1.82, 2.24) is 25.1 Å². The normalized spacial score (nSPS) is 17.5. The van der Waals surface area contributed by atoms with Gasteiger partial charge in [0.25, 0.3) is 11.8 Å². The smallest absolute Gasteiger partial charge is 0.434 e. The van der Waals surface area contributed by atoms with Crippen LogP contribution in [0.3, 0.4) is 0 Å². The second-order valence-electron chi connectivity index (χ2n) is 13.1. The van der Waals surface area contributed by atoms with Gasteiger partial charge >= 0.3 is 5.76 Å². The number of ether oxygens (including phenoxy) is 2. The highest BCUT2D eigenvalue weighted by molar-refractivity contribution is 7.23.